The number of aromatic amines is 1. The molecule has 29 heavy (non-hydrogen) atoms. The van der Waals surface area contributed by atoms with Crippen LogP contribution in [0.3, 0.4) is 0 Å². The van der Waals surface area contributed by atoms with Crippen LogP contribution in [0.1, 0.15) is 22.7 Å². The van der Waals surface area contributed by atoms with Crippen molar-refractivity contribution in [2.75, 3.05) is 6.61 Å². The maximum Gasteiger partial charge on any atom is 0.407 e. The Morgan fingerprint density at radius 3 is 2.28 bits per heavy atom. The summed E-state index contributed by atoms with van der Waals surface area (Å²) in [6.07, 6.45) is 2.32. The van der Waals surface area contributed by atoms with Crippen molar-refractivity contribution in [3.05, 3.63) is 77.9 Å². The molecule has 150 valence electrons. The van der Waals surface area contributed by atoms with Crippen LogP contribution in [-0.2, 0) is 16.0 Å². The maximum atomic E-state index is 12.2. The van der Waals surface area contributed by atoms with Crippen molar-refractivity contribution in [2.45, 2.75) is 18.4 Å². The van der Waals surface area contributed by atoms with Gasteiger partial charge in [-0.1, -0.05) is 48.5 Å². The number of carboxylic acids is 1. The number of hydrogen-bond acceptors (Lipinski definition) is 4. The van der Waals surface area contributed by atoms with E-state index in [4.69, 9.17) is 4.74 Å². The van der Waals surface area contributed by atoms with Gasteiger partial charge in [0.2, 0.25) is 0 Å². The molecule has 2 aromatic carbocycles. The zero-order valence-electron chi connectivity index (χ0n) is 15.5. The van der Waals surface area contributed by atoms with Crippen molar-refractivity contribution in [1.82, 2.24) is 15.3 Å². The molecule has 1 heterocycles. The minimum atomic E-state index is -1.14. The molecule has 0 saturated carbocycles. The quantitative estimate of drug-likeness (QED) is 0.587. The Labute approximate surface area is 166 Å². The lowest BCUT2D eigenvalue weighted by Crippen LogP contribution is -2.43. The first kappa shape index (κ1) is 20.1. The molecule has 5 N–H and O–H groups in total. The summed E-state index contributed by atoms with van der Waals surface area (Å²) in [7, 11) is 0. The number of aliphatic carboxylic acids is 1. The number of nitrogens with one attached hydrogen (secondary N) is 2. The largest absolute Gasteiger partial charge is 0.480 e. The lowest BCUT2D eigenvalue weighted by molar-refractivity contribution is -0.139. The number of alkyl carbamates (subject to hydrolysis) is 1. The van der Waals surface area contributed by atoms with E-state index in [0.717, 1.165) is 22.3 Å². The number of imidazole rings is 1. The molecular formula is C21H21N3O5. The Hall–Kier alpha value is -3.65. The van der Waals surface area contributed by atoms with Crippen molar-refractivity contribution >= 4 is 12.1 Å². The van der Waals surface area contributed by atoms with Gasteiger partial charge in [-0.05, 0) is 22.3 Å². The summed E-state index contributed by atoms with van der Waals surface area (Å²) in [5.41, 5.74) is 5.09. The number of carbonyl (C=O) groups is 2. The van der Waals surface area contributed by atoms with Gasteiger partial charge in [-0.3, -0.25) is 0 Å². The molecule has 0 aliphatic heterocycles. The number of carboxylic acid groups (broad SMARTS) is 1. The number of benzene rings is 2. The molecule has 3 aromatic rings. The summed E-state index contributed by atoms with van der Waals surface area (Å²) in [6, 6.07) is 15.0. The average Bonchev–Trinajstić information content (AvgIpc) is 3.32. The normalized spacial score (nSPS) is 13.0. The second-order valence-electron chi connectivity index (χ2n) is 6.64. The monoisotopic (exact) mass is 395 g/mol. The molecule has 1 aliphatic rings. The minimum Gasteiger partial charge on any atom is -0.480 e. The summed E-state index contributed by atoms with van der Waals surface area (Å²) in [6.45, 7) is 0.135. The molecule has 0 bridgehead atoms. The number of fused-ring (bicyclic) bond motifs is 3. The van der Waals surface area contributed by atoms with E-state index in [1.54, 1.807) is 0 Å². The third kappa shape index (κ3) is 4.12. The van der Waals surface area contributed by atoms with E-state index in [-0.39, 0.29) is 24.4 Å². The van der Waals surface area contributed by atoms with Crippen LogP contribution in [0.2, 0.25) is 0 Å². The molecular weight excluding hydrogens is 374 g/mol. The lowest BCUT2D eigenvalue weighted by atomic mass is 9.98. The summed E-state index contributed by atoms with van der Waals surface area (Å²) >= 11 is 0. The standard InChI is InChI=1S/C21H19N3O4.H2O/c25-20(26)19(9-13-10-22-12-23-13)24-21(27)28-11-18-16-7-3-1-5-14(16)15-6-2-4-8-17(15)18;/h1-8,10,12,18-19H,9,11H2,(H,22,23)(H,24,27)(H,25,26);1H2/t19-;/m0./s1. The van der Waals surface area contributed by atoms with E-state index in [2.05, 4.69) is 27.4 Å². The Morgan fingerprint density at radius 1 is 1.10 bits per heavy atom. The second-order valence-corrected chi connectivity index (χ2v) is 6.64. The van der Waals surface area contributed by atoms with Crippen LogP contribution >= 0.6 is 0 Å². The Balaban J connectivity index is 0.00000240. The van der Waals surface area contributed by atoms with Crippen LogP contribution in [0.15, 0.2) is 61.1 Å². The first-order valence-corrected chi connectivity index (χ1v) is 8.95. The van der Waals surface area contributed by atoms with E-state index in [9.17, 15) is 14.7 Å². The van der Waals surface area contributed by atoms with E-state index < -0.39 is 18.1 Å². The molecule has 1 aromatic heterocycles. The first-order chi connectivity index (χ1) is 13.6. The topological polar surface area (TPSA) is 136 Å². The summed E-state index contributed by atoms with van der Waals surface area (Å²) < 4.78 is 5.40. The molecule has 0 radical (unpaired) electrons. The molecule has 4 rings (SSSR count). The maximum absolute atomic E-state index is 12.2. The Morgan fingerprint density at radius 2 is 1.72 bits per heavy atom. The Kier molecular flexibility index (Phi) is 5.94. The fourth-order valence-electron chi connectivity index (χ4n) is 3.60. The third-order valence-corrected chi connectivity index (χ3v) is 4.91. The van der Waals surface area contributed by atoms with Gasteiger partial charge >= 0.3 is 12.1 Å². The van der Waals surface area contributed by atoms with Crippen LogP contribution in [-0.4, -0.2) is 45.3 Å². The van der Waals surface area contributed by atoms with Crippen molar-refractivity contribution in [1.29, 1.82) is 0 Å². The van der Waals surface area contributed by atoms with Gasteiger partial charge in [-0.2, -0.15) is 0 Å². The fourth-order valence-corrected chi connectivity index (χ4v) is 3.60. The molecule has 8 heteroatoms. The van der Waals surface area contributed by atoms with Crippen molar-refractivity contribution in [3.8, 4) is 11.1 Å². The molecule has 1 aliphatic carbocycles. The number of hydrogen-bond donors (Lipinski definition) is 3. The third-order valence-electron chi connectivity index (χ3n) is 4.91. The fraction of sp³-hybridized carbons (Fsp3) is 0.190. The minimum absolute atomic E-state index is 0. The van der Waals surface area contributed by atoms with Gasteiger partial charge in [0, 0.05) is 24.2 Å². The number of rotatable bonds is 6. The van der Waals surface area contributed by atoms with Crippen LogP contribution < -0.4 is 5.32 Å². The van der Waals surface area contributed by atoms with Crippen molar-refractivity contribution < 1.29 is 24.9 Å². The van der Waals surface area contributed by atoms with Gasteiger partial charge in [-0.15, -0.1) is 0 Å². The molecule has 0 spiro atoms. The van der Waals surface area contributed by atoms with E-state index >= 15 is 0 Å². The number of H-pyrrole nitrogens is 1. The van der Waals surface area contributed by atoms with Gasteiger partial charge < -0.3 is 25.6 Å². The zero-order chi connectivity index (χ0) is 19.5. The number of amides is 1. The number of carbonyl (C=O) groups excluding carboxylic acids is 1. The van der Waals surface area contributed by atoms with Gasteiger partial charge in [0.1, 0.15) is 12.6 Å². The SMILES string of the molecule is O.O=C(N[C@@H](Cc1cnc[nH]1)C(=O)O)OCC1c2ccccc2-c2ccccc21. The first-order valence-electron chi connectivity index (χ1n) is 8.95. The average molecular weight is 395 g/mol. The van der Waals surface area contributed by atoms with E-state index in [1.165, 1.54) is 12.5 Å². The van der Waals surface area contributed by atoms with Crippen LogP contribution in [0.4, 0.5) is 4.79 Å². The summed E-state index contributed by atoms with van der Waals surface area (Å²) in [5.74, 6) is -1.21. The second kappa shape index (κ2) is 8.57. The Bertz CT molecular complexity index is 958. The highest BCUT2D eigenvalue weighted by Gasteiger charge is 2.29. The molecule has 0 unspecified atom stereocenters. The highest BCUT2D eigenvalue weighted by atomic mass is 16.5. The number of ether oxygens (including phenoxy) is 1. The molecule has 0 fully saturated rings. The summed E-state index contributed by atoms with van der Waals surface area (Å²) in [4.78, 5) is 30.4. The smallest absolute Gasteiger partial charge is 0.407 e. The van der Waals surface area contributed by atoms with Crippen LogP contribution in [0.25, 0.3) is 11.1 Å². The predicted octanol–water partition coefficient (Wildman–Crippen LogP) is 2.12. The van der Waals surface area contributed by atoms with Gasteiger partial charge in [0.05, 0.1) is 6.33 Å². The lowest BCUT2D eigenvalue weighted by Gasteiger charge is -2.17. The van der Waals surface area contributed by atoms with Crippen LogP contribution in [0, 0.1) is 0 Å². The molecule has 1 amide bonds. The van der Waals surface area contributed by atoms with Crippen molar-refractivity contribution in [3.63, 3.8) is 0 Å². The van der Waals surface area contributed by atoms with Crippen molar-refractivity contribution in [2.24, 2.45) is 0 Å². The molecule has 8 nitrogen and oxygen atoms in total. The summed E-state index contributed by atoms with van der Waals surface area (Å²) in [5, 5.41) is 11.8. The van der Waals surface area contributed by atoms with Crippen LogP contribution in [0.5, 0.6) is 0 Å². The highest BCUT2D eigenvalue weighted by molar-refractivity contribution is 5.81. The molecule has 1 atom stereocenters. The number of nitrogens with zero attached hydrogens (tertiary/aromatic N) is 1. The highest BCUT2D eigenvalue weighted by Crippen LogP contribution is 2.44. The van der Waals surface area contributed by atoms with Gasteiger partial charge in [0.25, 0.3) is 0 Å². The van der Waals surface area contributed by atoms with Gasteiger partial charge in [0.15, 0.2) is 0 Å². The number of aromatic nitrogens is 2. The van der Waals surface area contributed by atoms with E-state index in [0.29, 0.717) is 5.69 Å². The zero-order valence-corrected chi connectivity index (χ0v) is 15.5. The predicted molar refractivity (Wildman–Crippen MR) is 106 cm³/mol. The van der Waals surface area contributed by atoms with Gasteiger partial charge in [-0.25, -0.2) is 14.6 Å². The molecule has 0 saturated heterocycles. The van der Waals surface area contributed by atoms with E-state index in [1.807, 2.05) is 36.4 Å².